The molecule has 0 spiro atoms. The molecule has 1 saturated carbocycles. The highest BCUT2D eigenvalue weighted by atomic mass is 32.2. The molecule has 1 saturated heterocycles. The Hall–Kier alpha value is -0.430. The molecule has 1 aliphatic carbocycles. The summed E-state index contributed by atoms with van der Waals surface area (Å²) in [6.07, 6.45) is 6.41. The zero-order chi connectivity index (χ0) is 15.4. The van der Waals surface area contributed by atoms with Crippen molar-refractivity contribution in [1.82, 2.24) is 9.62 Å². The summed E-state index contributed by atoms with van der Waals surface area (Å²) in [4.78, 5) is 3.81. The van der Waals surface area contributed by atoms with Crippen LogP contribution in [0.3, 0.4) is 0 Å². The lowest BCUT2D eigenvalue weighted by Crippen LogP contribution is -2.45. The molecule has 124 valence electrons. The molecular weight excluding hydrogens is 316 g/mol. The summed E-state index contributed by atoms with van der Waals surface area (Å²) in [7, 11) is -3.10. The van der Waals surface area contributed by atoms with Gasteiger partial charge in [0.05, 0.1) is 5.75 Å². The fourth-order valence-electron chi connectivity index (χ4n) is 3.62. The van der Waals surface area contributed by atoms with Gasteiger partial charge in [0.25, 0.3) is 0 Å². The Bertz CT molecular complexity index is 543. The van der Waals surface area contributed by atoms with Crippen LogP contribution >= 0.6 is 11.3 Å². The molecule has 1 aliphatic heterocycles. The minimum Gasteiger partial charge on any atom is -0.298 e. The van der Waals surface area contributed by atoms with Gasteiger partial charge in [0.2, 0.25) is 10.0 Å². The molecule has 0 amide bonds. The van der Waals surface area contributed by atoms with E-state index in [4.69, 9.17) is 0 Å². The van der Waals surface area contributed by atoms with Crippen LogP contribution < -0.4 is 4.72 Å². The Morgan fingerprint density at radius 2 is 1.91 bits per heavy atom. The predicted octanol–water partition coefficient (Wildman–Crippen LogP) is 2.82. The van der Waals surface area contributed by atoms with Crippen LogP contribution in [0.5, 0.6) is 0 Å². The maximum atomic E-state index is 12.3. The highest BCUT2D eigenvalue weighted by Gasteiger charge is 2.27. The van der Waals surface area contributed by atoms with Crippen LogP contribution in [0, 0.1) is 5.92 Å². The molecule has 0 bridgehead atoms. The second-order valence-corrected chi connectivity index (χ2v) is 9.51. The first-order valence-corrected chi connectivity index (χ1v) is 10.9. The maximum absolute atomic E-state index is 12.3. The molecule has 0 aromatic carbocycles. The molecule has 3 rings (SSSR count). The molecule has 0 unspecified atom stereocenters. The highest BCUT2D eigenvalue weighted by molar-refractivity contribution is 7.89. The number of piperidine rings is 1. The van der Waals surface area contributed by atoms with Crippen molar-refractivity contribution in [3.63, 3.8) is 0 Å². The fourth-order valence-corrected chi connectivity index (χ4v) is 6.16. The van der Waals surface area contributed by atoms with E-state index in [9.17, 15) is 8.42 Å². The van der Waals surface area contributed by atoms with Gasteiger partial charge >= 0.3 is 0 Å². The Balaban J connectivity index is 1.43. The quantitative estimate of drug-likeness (QED) is 0.865. The molecule has 6 heteroatoms. The van der Waals surface area contributed by atoms with Gasteiger partial charge < -0.3 is 0 Å². The number of rotatable bonds is 6. The molecule has 0 radical (unpaired) electrons. The second-order valence-electron chi connectivity index (χ2n) is 6.68. The smallest absolute Gasteiger partial charge is 0.212 e. The summed E-state index contributed by atoms with van der Waals surface area (Å²) in [5.74, 6) is 0.721. The number of likely N-dealkylation sites (tertiary alicyclic amines) is 1. The fraction of sp³-hybridized carbons (Fsp3) is 0.750. The van der Waals surface area contributed by atoms with Crippen LogP contribution in [0.15, 0.2) is 17.5 Å². The van der Waals surface area contributed by atoms with Crippen LogP contribution in [-0.2, 0) is 16.6 Å². The number of thiophene rings is 1. The van der Waals surface area contributed by atoms with Crippen LogP contribution in [0.2, 0.25) is 0 Å². The van der Waals surface area contributed by atoms with Crippen LogP contribution in [0.25, 0.3) is 0 Å². The summed E-state index contributed by atoms with van der Waals surface area (Å²) in [6, 6.07) is 4.39. The topological polar surface area (TPSA) is 49.4 Å². The zero-order valence-electron chi connectivity index (χ0n) is 13.0. The van der Waals surface area contributed by atoms with E-state index in [1.807, 2.05) is 0 Å². The second kappa shape index (κ2) is 7.43. The molecular formula is C16H26N2O2S2. The third kappa shape index (κ3) is 4.78. The average Bonchev–Trinajstić information content (AvgIpc) is 3.14. The monoisotopic (exact) mass is 342 g/mol. The standard InChI is InChI=1S/C16H26N2O2S2/c19-22(20,13-14-4-1-2-5-14)17-15-7-9-18(10-8-15)12-16-6-3-11-21-16/h3,6,11,14-15,17H,1-2,4-5,7-10,12-13H2. The summed E-state index contributed by atoms with van der Waals surface area (Å²) < 4.78 is 27.5. The lowest BCUT2D eigenvalue weighted by atomic mass is 10.1. The van der Waals surface area contributed by atoms with E-state index in [0.717, 1.165) is 45.3 Å². The van der Waals surface area contributed by atoms with Crippen molar-refractivity contribution >= 4 is 21.4 Å². The van der Waals surface area contributed by atoms with Crippen LogP contribution in [0.4, 0.5) is 0 Å². The zero-order valence-corrected chi connectivity index (χ0v) is 14.7. The minimum atomic E-state index is -3.10. The third-order valence-electron chi connectivity index (χ3n) is 4.82. The molecule has 1 aromatic heterocycles. The van der Waals surface area contributed by atoms with E-state index < -0.39 is 10.0 Å². The van der Waals surface area contributed by atoms with Crippen molar-refractivity contribution < 1.29 is 8.42 Å². The molecule has 2 aliphatic rings. The van der Waals surface area contributed by atoms with E-state index in [-0.39, 0.29) is 6.04 Å². The Labute approximate surface area is 138 Å². The van der Waals surface area contributed by atoms with Crippen molar-refractivity contribution in [3.8, 4) is 0 Å². The number of nitrogens with one attached hydrogen (secondary N) is 1. The summed E-state index contributed by atoms with van der Waals surface area (Å²) in [5.41, 5.74) is 0. The van der Waals surface area contributed by atoms with Crippen LogP contribution in [0.1, 0.15) is 43.4 Å². The Morgan fingerprint density at radius 1 is 1.18 bits per heavy atom. The summed E-state index contributed by atoms with van der Waals surface area (Å²) in [6.45, 7) is 2.96. The van der Waals surface area contributed by atoms with Crippen molar-refractivity contribution in [3.05, 3.63) is 22.4 Å². The number of nitrogens with zero attached hydrogens (tertiary/aromatic N) is 1. The number of hydrogen-bond donors (Lipinski definition) is 1. The maximum Gasteiger partial charge on any atom is 0.212 e. The van der Waals surface area contributed by atoms with Crippen LogP contribution in [-0.4, -0.2) is 38.2 Å². The van der Waals surface area contributed by atoms with Crippen molar-refractivity contribution in [1.29, 1.82) is 0 Å². The molecule has 2 heterocycles. The third-order valence-corrected chi connectivity index (χ3v) is 7.29. The van der Waals surface area contributed by atoms with Gasteiger partial charge in [-0.1, -0.05) is 18.9 Å². The van der Waals surface area contributed by atoms with Crippen molar-refractivity contribution in [2.75, 3.05) is 18.8 Å². The molecule has 4 nitrogen and oxygen atoms in total. The normalized spacial score (nSPS) is 22.4. The first kappa shape index (κ1) is 16.4. The Kier molecular flexibility index (Phi) is 5.55. The van der Waals surface area contributed by atoms with Gasteiger partial charge in [0.15, 0.2) is 0 Å². The van der Waals surface area contributed by atoms with E-state index in [1.54, 1.807) is 11.3 Å². The van der Waals surface area contributed by atoms with Gasteiger partial charge in [0.1, 0.15) is 0 Å². The highest BCUT2D eigenvalue weighted by Crippen LogP contribution is 2.26. The van der Waals surface area contributed by atoms with E-state index in [2.05, 4.69) is 27.1 Å². The number of sulfonamides is 1. The summed E-state index contributed by atoms with van der Waals surface area (Å²) >= 11 is 1.79. The average molecular weight is 343 g/mol. The predicted molar refractivity (Wildman–Crippen MR) is 91.5 cm³/mol. The van der Waals surface area contributed by atoms with Gasteiger partial charge in [0, 0.05) is 30.6 Å². The van der Waals surface area contributed by atoms with Gasteiger partial charge in [-0.05, 0) is 43.0 Å². The van der Waals surface area contributed by atoms with Crippen molar-refractivity contribution in [2.45, 2.75) is 51.1 Å². The molecule has 1 aromatic rings. The van der Waals surface area contributed by atoms with E-state index >= 15 is 0 Å². The first-order chi connectivity index (χ1) is 10.6. The number of hydrogen-bond acceptors (Lipinski definition) is 4. The lowest BCUT2D eigenvalue weighted by Gasteiger charge is -2.32. The van der Waals surface area contributed by atoms with Gasteiger partial charge in [-0.2, -0.15) is 0 Å². The van der Waals surface area contributed by atoms with E-state index in [0.29, 0.717) is 11.7 Å². The molecule has 2 fully saturated rings. The minimum absolute atomic E-state index is 0.131. The first-order valence-electron chi connectivity index (χ1n) is 8.35. The Morgan fingerprint density at radius 3 is 2.55 bits per heavy atom. The lowest BCUT2D eigenvalue weighted by molar-refractivity contribution is 0.201. The summed E-state index contributed by atoms with van der Waals surface area (Å²) in [5, 5.41) is 2.11. The molecule has 22 heavy (non-hydrogen) atoms. The molecule has 1 N–H and O–H groups in total. The largest absolute Gasteiger partial charge is 0.298 e. The van der Waals surface area contributed by atoms with Crippen molar-refractivity contribution in [2.24, 2.45) is 5.92 Å². The van der Waals surface area contributed by atoms with Gasteiger partial charge in [-0.15, -0.1) is 11.3 Å². The van der Waals surface area contributed by atoms with Gasteiger partial charge in [-0.25, -0.2) is 13.1 Å². The van der Waals surface area contributed by atoms with E-state index in [1.165, 1.54) is 17.7 Å². The molecule has 0 atom stereocenters. The van der Waals surface area contributed by atoms with Gasteiger partial charge in [-0.3, -0.25) is 4.90 Å². The SMILES string of the molecule is O=S(=O)(CC1CCCC1)NC1CCN(Cc2cccs2)CC1.